The minimum Gasteiger partial charge on any atom is -0.503 e. The molecule has 0 aromatic carbocycles. The van der Waals surface area contributed by atoms with E-state index in [1.807, 2.05) is 0 Å². The Balaban J connectivity index is 1.57. The maximum absolute atomic E-state index is 13.0. The summed E-state index contributed by atoms with van der Waals surface area (Å²) in [4.78, 5) is 33.7. The van der Waals surface area contributed by atoms with E-state index in [0.29, 0.717) is 19.8 Å². The standard InChI is InChI=1S/C21H23N3O5/c25-19(16-3-1-12-29-16)17-18(15-4-6-22-7-5-15)24(21(27)20(17)26)9-2-8-23-10-13-28-14-11-23/h1,3-7,12,18,26H,2,8-11,13-14H2/t18-/m0/s1. The monoisotopic (exact) mass is 397 g/mol. The summed E-state index contributed by atoms with van der Waals surface area (Å²) in [6.45, 7) is 4.40. The number of amides is 1. The second-order valence-corrected chi connectivity index (χ2v) is 7.06. The average molecular weight is 397 g/mol. The van der Waals surface area contributed by atoms with Gasteiger partial charge in [0.25, 0.3) is 5.91 Å². The van der Waals surface area contributed by atoms with E-state index in [-0.39, 0.29) is 11.3 Å². The smallest absolute Gasteiger partial charge is 0.290 e. The first-order valence-electron chi connectivity index (χ1n) is 9.69. The third kappa shape index (κ3) is 3.94. The number of carbonyl (C=O) groups is 2. The predicted molar refractivity (Wildman–Crippen MR) is 103 cm³/mol. The quantitative estimate of drug-likeness (QED) is 0.714. The highest BCUT2D eigenvalue weighted by Crippen LogP contribution is 2.38. The van der Waals surface area contributed by atoms with Crippen molar-refractivity contribution in [3.05, 3.63) is 65.6 Å². The molecule has 2 aromatic rings. The van der Waals surface area contributed by atoms with Crippen molar-refractivity contribution >= 4 is 11.7 Å². The van der Waals surface area contributed by atoms with Crippen molar-refractivity contribution in [1.29, 1.82) is 0 Å². The van der Waals surface area contributed by atoms with Gasteiger partial charge in [0, 0.05) is 38.6 Å². The van der Waals surface area contributed by atoms with Crippen LogP contribution in [0.4, 0.5) is 0 Å². The number of nitrogens with zero attached hydrogens (tertiary/aromatic N) is 3. The van der Waals surface area contributed by atoms with Crippen molar-refractivity contribution in [3.8, 4) is 0 Å². The number of carbonyl (C=O) groups excluding carboxylic acids is 2. The molecule has 4 heterocycles. The molecule has 1 amide bonds. The van der Waals surface area contributed by atoms with Crippen LogP contribution in [0.3, 0.4) is 0 Å². The van der Waals surface area contributed by atoms with Crippen LogP contribution in [-0.2, 0) is 9.53 Å². The van der Waals surface area contributed by atoms with Crippen LogP contribution in [0.2, 0.25) is 0 Å². The minimum absolute atomic E-state index is 0.0440. The van der Waals surface area contributed by atoms with Crippen LogP contribution >= 0.6 is 0 Å². The molecule has 1 fully saturated rings. The van der Waals surface area contributed by atoms with E-state index in [2.05, 4.69) is 9.88 Å². The van der Waals surface area contributed by atoms with Crippen LogP contribution in [0.1, 0.15) is 28.6 Å². The van der Waals surface area contributed by atoms with Crippen LogP contribution in [0.5, 0.6) is 0 Å². The lowest BCUT2D eigenvalue weighted by Gasteiger charge is -2.29. The topological polar surface area (TPSA) is 96.1 Å². The molecule has 8 heteroatoms. The fourth-order valence-electron chi connectivity index (χ4n) is 3.84. The summed E-state index contributed by atoms with van der Waals surface area (Å²) in [7, 11) is 0. The van der Waals surface area contributed by atoms with E-state index >= 15 is 0 Å². The third-order valence-electron chi connectivity index (χ3n) is 5.29. The van der Waals surface area contributed by atoms with Gasteiger partial charge < -0.3 is 19.2 Å². The van der Waals surface area contributed by atoms with E-state index in [0.717, 1.165) is 31.6 Å². The lowest BCUT2D eigenvalue weighted by molar-refractivity contribution is -0.129. The van der Waals surface area contributed by atoms with Crippen LogP contribution in [0.15, 0.2) is 58.7 Å². The van der Waals surface area contributed by atoms with Gasteiger partial charge in [0.1, 0.15) is 0 Å². The van der Waals surface area contributed by atoms with Crippen molar-refractivity contribution in [2.45, 2.75) is 12.5 Å². The molecule has 2 aromatic heterocycles. The van der Waals surface area contributed by atoms with Crippen LogP contribution in [0.25, 0.3) is 0 Å². The average Bonchev–Trinajstić information content (AvgIpc) is 3.38. The van der Waals surface area contributed by atoms with Gasteiger partial charge in [-0.15, -0.1) is 0 Å². The Hall–Kier alpha value is -2.97. The third-order valence-corrected chi connectivity index (χ3v) is 5.29. The van der Waals surface area contributed by atoms with E-state index in [1.165, 1.54) is 12.3 Å². The molecular weight excluding hydrogens is 374 g/mol. The molecule has 1 saturated heterocycles. The van der Waals surface area contributed by atoms with Crippen molar-refractivity contribution in [2.75, 3.05) is 39.4 Å². The van der Waals surface area contributed by atoms with Gasteiger partial charge in [0.05, 0.1) is 31.1 Å². The van der Waals surface area contributed by atoms with Gasteiger partial charge in [-0.3, -0.25) is 19.5 Å². The number of aliphatic hydroxyl groups is 1. The first kappa shape index (κ1) is 19.4. The zero-order valence-corrected chi connectivity index (χ0v) is 16.0. The molecule has 0 aliphatic carbocycles. The highest BCUT2D eigenvalue weighted by Gasteiger charge is 2.44. The zero-order chi connectivity index (χ0) is 20.2. The highest BCUT2D eigenvalue weighted by molar-refractivity contribution is 6.14. The molecule has 152 valence electrons. The summed E-state index contributed by atoms with van der Waals surface area (Å²) >= 11 is 0. The Labute approximate surface area is 168 Å². The summed E-state index contributed by atoms with van der Waals surface area (Å²) in [5, 5.41) is 10.6. The van der Waals surface area contributed by atoms with E-state index < -0.39 is 23.5 Å². The molecule has 29 heavy (non-hydrogen) atoms. The molecule has 0 saturated carbocycles. The molecule has 4 rings (SSSR count). The molecule has 0 bridgehead atoms. The summed E-state index contributed by atoms with van der Waals surface area (Å²) in [5.74, 6) is -1.45. The second-order valence-electron chi connectivity index (χ2n) is 7.06. The van der Waals surface area contributed by atoms with Crippen molar-refractivity contribution < 1.29 is 23.8 Å². The summed E-state index contributed by atoms with van der Waals surface area (Å²) in [5.41, 5.74) is 0.765. The van der Waals surface area contributed by atoms with Gasteiger partial charge in [0.15, 0.2) is 11.5 Å². The molecule has 8 nitrogen and oxygen atoms in total. The Morgan fingerprint density at radius 1 is 1.17 bits per heavy atom. The van der Waals surface area contributed by atoms with Gasteiger partial charge in [0.2, 0.25) is 5.78 Å². The first-order valence-corrected chi connectivity index (χ1v) is 9.69. The molecule has 1 atom stereocenters. The van der Waals surface area contributed by atoms with Gasteiger partial charge in [-0.05, 0) is 36.2 Å². The number of furan rings is 1. The number of aromatic nitrogens is 1. The van der Waals surface area contributed by atoms with Crippen molar-refractivity contribution in [3.63, 3.8) is 0 Å². The number of ether oxygens (including phenoxy) is 1. The number of pyridine rings is 1. The lowest BCUT2D eigenvalue weighted by atomic mass is 9.96. The van der Waals surface area contributed by atoms with E-state index in [1.54, 1.807) is 35.5 Å². The summed E-state index contributed by atoms with van der Waals surface area (Å²) in [6, 6.07) is 5.95. The number of aliphatic hydroxyl groups excluding tert-OH is 1. The number of hydrogen-bond acceptors (Lipinski definition) is 7. The zero-order valence-electron chi connectivity index (χ0n) is 16.0. The Morgan fingerprint density at radius 2 is 1.93 bits per heavy atom. The van der Waals surface area contributed by atoms with Crippen LogP contribution < -0.4 is 0 Å². The van der Waals surface area contributed by atoms with Gasteiger partial charge in [-0.25, -0.2) is 0 Å². The molecule has 2 aliphatic heterocycles. The predicted octanol–water partition coefficient (Wildman–Crippen LogP) is 1.98. The molecule has 0 spiro atoms. The highest BCUT2D eigenvalue weighted by atomic mass is 16.5. The second kappa shape index (κ2) is 8.59. The van der Waals surface area contributed by atoms with Gasteiger partial charge >= 0.3 is 0 Å². The molecule has 0 radical (unpaired) electrons. The number of rotatable bonds is 7. The normalized spacial score (nSPS) is 20.5. The van der Waals surface area contributed by atoms with Crippen LogP contribution in [-0.4, -0.2) is 71.0 Å². The largest absolute Gasteiger partial charge is 0.503 e. The maximum atomic E-state index is 13.0. The molecule has 2 aliphatic rings. The fraction of sp³-hybridized carbons (Fsp3) is 0.381. The number of hydrogen-bond donors (Lipinski definition) is 1. The van der Waals surface area contributed by atoms with Crippen LogP contribution in [0, 0.1) is 0 Å². The van der Waals surface area contributed by atoms with Gasteiger partial charge in [-0.1, -0.05) is 0 Å². The summed E-state index contributed by atoms with van der Waals surface area (Å²) < 4.78 is 10.6. The first-order chi connectivity index (χ1) is 14.2. The summed E-state index contributed by atoms with van der Waals surface area (Å²) in [6.07, 6.45) is 5.33. The van der Waals surface area contributed by atoms with Gasteiger partial charge in [-0.2, -0.15) is 0 Å². The number of Topliss-reactive ketones (excluding diaryl/α,β-unsaturated/α-hetero) is 1. The molecule has 1 N–H and O–H groups in total. The minimum atomic E-state index is -0.673. The van der Waals surface area contributed by atoms with Crippen molar-refractivity contribution in [2.24, 2.45) is 0 Å². The lowest BCUT2D eigenvalue weighted by Crippen LogP contribution is -2.39. The van der Waals surface area contributed by atoms with Crippen molar-refractivity contribution in [1.82, 2.24) is 14.8 Å². The Kier molecular flexibility index (Phi) is 5.73. The molecular formula is C21H23N3O5. The molecule has 0 unspecified atom stereocenters. The van der Waals surface area contributed by atoms with E-state index in [9.17, 15) is 14.7 Å². The Morgan fingerprint density at radius 3 is 2.62 bits per heavy atom. The number of morpholine rings is 1. The SMILES string of the molecule is O=C(C1=C(O)C(=O)N(CCCN2CCOCC2)[C@H]1c1ccncc1)c1ccco1. The Bertz CT molecular complexity index is 888. The maximum Gasteiger partial charge on any atom is 0.290 e. The fourth-order valence-corrected chi connectivity index (χ4v) is 3.84. The van der Waals surface area contributed by atoms with E-state index in [4.69, 9.17) is 9.15 Å². The number of ketones is 1.